The first-order chi connectivity index (χ1) is 12.4. The van der Waals surface area contributed by atoms with Crippen molar-refractivity contribution in [1.29, 1.82) is 0 Å². The maximum absolute atomic E-state index is 12.5. The number of aliphatic hydroxyl groups is 1. The van der Waals surface area contributed by atoms with Gasteiger partial charge in [-0.3, -0.25) is 9.78 Å². The topological polar surface area (TPSA) is 108 Å². The number of amides is 1. The largest absolute Gasteiger partial charge is 0.393 e. The third kappa shape index (κ3) is 4.16. The average Bonchev–Trinajstić information content (AvgIpc) is 2.57. The van der Waals surface area contributed by atoms with E-state index < -0.39 is 0 Å². The molecule has 0 aromatic carbocycles. The summed E-state index contributed by atoms with van der Waals surface area (Å²) >= 11 is 0. The molecule has 2 heterocycles. The minimum atomic E-state index is -0.369. The molecule has 1 amide bonds. The molecule has 1 saturated carbocycles. The molecule has 2 aromatic rings. The molecular formula is C19H24N4O3. The molecule has 2 aromatic heterocycles. The summed E-state index contributed by atoms with van der Waals surface area (Å²) < 4.78 is 0. The predicted molar refractivity (Wildman–Crippen MR) is 96.5 cm³/mol. The van der Waals surface area contributed by atoms with Crippen molar-refractivity contribution in [3.63, 3.8) is 0 Å². The van der Waals surface area contributed by atoms with Crippen molar-refractivity contribution in [1.82, 2.24) is 20.3 Å². The molecule has 0 bridgehead atoms. The molecule has 0 radical (unpaired) electrons. The van der Waals surface area contributed by atoms with E-state index in [-0.39, 0.29) is 29.7 Å². The van der Waals surface area contributed by atoms with E-state index in [9.17, 15) is 14.7 Å². The van der Waals surface area contributed by atoms with E-state index in [0.717, 1.165) is 17.0 Å². The molecule has 3 N–H and O–H groups in total. The van der Waals surface area contributed by atoms with E-state index in [4.69, 9.17) is 0 Å². The Morgan fingerprint density at radius 2 is 2.15 bits per heavy atom. The van der Waals surface area contributed by atoms with Gasteiger partial charge in [-0.15, -0.1) is 0 Å². The number of nitrogens with one attached hydrogen (secondary N) is 2. The third-order valence-electron chi connectivity index (χ3n) is 5.00. The van der Waals surface area contributed by atoms with Gasteiger partial charge in [-0.1, -0.05) is 6.07 Å². The lowest BCUT2D eigenvalue weighted by molar-refractivity contribution is -0.123. The number of aliphatic hydroxyl groups excluding tert-OH is 1. The van der Waals surface area contributed by atoms with Gasteiger partial charge in [0.1, 0.15) is 0 Å². The van der Waals surface area contributed by atoms with E-state index >= 15 is 0 Å². The Kier molecular flexibility index (Phi) is 5.46. The van der Waals surface area contributed by atoms with Crippen molar-refractivity contribution in [3.05, 3.63) is 57.5 Å². The van der Waals surface area contributed by atoms with Crippen LogP contribution < -0.4 is 11.0 Å². The smallest absolute Gasteiger partial charge is 0.345 e. The van der Waals surface area contributed by atoms with Crippen LogP contribution in [0.4, 0.5) is 0 Å². The Morgan fingerprint density at radius 3 is 2.77 bits per heavy atom. The summed E-state index contributed by atoms with van der Waals surface area (Å²) in [5, 5.41) is 12.7. The fourth-order valence-corrected chi connectivity index (χ4v) is 3.50. The van der Waals surface area contributed by atoms with Crippen LogP contribution >= 0.6 is 0 Å². The monoisotopic (exact) mass is 356 g/mol. The van der Waals surface area contributed by atoms with Crippen LogP contribution in [0.25, 0.3) is 0 Å². The number of pyridine rings is 1. The average molecular weight is 356 g/mol. The quantitative estimate of drug-likeness (QED) is 0.724. The third-order valence-corrected chi connectivity index (χ3v) is 5.00. The standard InChI is InChI=1S/C19H24N4O3/c1-11-15(12(2)22-19(26)21-11)6-7-17(25)23-18(13-9-14(24)10-13)16-5-3-4-8-20-16/h3-5,8,13-14,18,24H,6-7,9-10H2,1-2H3,(H,23,25)(H,21,22,26). The zero-order chi connectivity index (χ0) is 18.7. The Balaban J connectivity index is 1.66. The molecule has 0 saturated heterocycles. The van der Waals surface area contributed by atoms with Crippen LogP contribution in [0.1, 0.15) is 47.9 Å². The number of aryl methyl sites for hydroxylation is 2. The zero-order valence-corrected chi connectivity index (χ0v) is 15.0. The van der Waals surface area contributed by atoms with Crippen LogP contribution in [0.15, 0.2) is 29.2 Å². The molecule has 7 nitrogen and oxygen atoms in total. The van der Waals surface area contributed by atoms with E-state index in [2.05, 4.69) is 20.3 Å². The second-order valence-corrected chi connectivity index (χ2v) is 6.92. The number of hydrogen-bond donors (Lipinski definition) is 3. The minimum Gasteiger partial charge on any atom is -0.393 e. The van der Waals surface area contributed by atoms with Gasteiger partial charge in [0, 0.05) is 24.0 Å². The van der Waals surface area contributed by atoms with Crippen molar-refractivity contribution in [2.75, 3.05) is 0 Å². The summed E-state index contributed by atoms with van der Waals surface area (Å²) in [6, 6.07) is 5.45. The number of nitrogens with zero attached hydrogens (tertiary/aromatic N) is 2. The van der Waals surface area contributed by atoms with Gasteiger partial charge in [0.15, 0.2) is 0 Å². The lowest BCUT2D eigenvalue weighted by Crippen LogP contribution is -2.41. The van der Waals surface area contributed by atoms with Gasteiger partial charge in [0.05, 0.1) is 17.8 Å². The lowest BCUT2D eigenvalue weighted by Gasteiger charge is -2.37. The molecule has 1 unspecified atom stereocenters. The first-order valence-electron chi connectivity index (χ1n) is 8.88. The van der Waals surface area contributed by atoms with Gasteiger partial charge in [-0.25, -0.2) is 4.79 Å². The molecule has 1 fully saturated rings. The first-order valence-corrected chi connectivity index (χ1v) is 8.88. The van der Waals surface area contributed by atoms with Crippen molar-refractivity contribution in [3.8, 4) is 0 Å². The highest BCUT2D eigenvalue weighted by atomic mass is 16.3. The van der Waals surface area contributed by atoms with Crippen LogP contribution in [0, 0.1) is 19.8 Å². The van der Waals surface area contributed by atoms with E-state index in [1.807, 2.05) is 25.1 Å². The molecule has 0 aliphatic heterocycles. The van der Waals surface area contributed by atoms with Crippen molar-refractivity contribution >= 4 is 5.91 Å². The van der Waals surface area contributed by atoms with Crippen molar-refractivity contribution in [2.24, 2.45) is 5.92 Å². The second-order valence-electron chi connectivity index (χ2n) is 6.92. The molecule has 0 spiro atoms. The lowest BCUT2D eigenvalue weighted by atomic mass is 9.76. The molecule has 1 aliphatic rings. The SMILES string of the molecule is Cc1nc(=O)[nH]c(C)c1CCC(=O)NC(c1ccccn1)C1CC(O)C1. The Labute approximate surface area is 151 Å². The highest BCUT2D eigenvalue weighted by Crippen LogP contribution is 2.37. The van der Waals surface area contributed by atoms with Crippen LogP contribution in [0.3, 0.4) is 0 Å². The highest BCUT2D eigenvalue weighted by Gasteiger charge is 2.36. The number of rotatable bonds is 6. The van der Waals surface area contributed by atoms with Gasteiger partial charge >= 0.3 is 5.69 Å². The molecular weight excluding hydrogens is 332 g/mol. The number of aromatic amines is 1. The summed E-state index contributed by atoms with van der Waals surface area (Å²) in [7, 11) is 0. The summed E-state index contributed by atoms with van der Waals surface area (Å²) in [6.07, 6.45) is 3.57. The molecule has 7 heteroatoms. The summed E-state index contributed by atoms with van der Waals surface area (Å²) in [6.45, 7) is 3.59. The van der Waals surface area contributed by atoms with Gasteiger partial charge in [-0.05, 0) is 56.7 Å². The van der Waals surface area contributed by atoms with E-state index in [1.165, 1.54) is 0 Å². The fourth-order valence-electron chi connectivity index (χ4n) is 3.50. The highest BCUT2D eigenvalue weighted by molar-refractivity contribution is 5.76. The second kappa shape index (κ2) is 7.78. The number of hydrogen-bond acceptors (Lipinski definition) is 5. The maximum atomic E-state index is 12.5. The molecule has 138 valence electrons. The van der Waals surface area contributed by atoms with Crippen LogP contribution in [0.2, 0.25) is 0 Å². The molecule has 1 atom stereocenters. The van der Waals surface area contributed by atoms with Crippen molar-refractivity contribution < 1.29 is 9.90 Å². The van der Waals surface area contributed by atoms with Gasteiger partial charge < -0.3 is 15.4 Å². The molecule has 26 heavy (non-hydrogen) atoms. The molecule has 3 rings (SSSR count). The zero-order valence-electron chi connectivity index (χ0n) is 15.0. The summed E-state index contributed by atoms with van der Waals surface area (Å²) in [5.74, 6) is 0.120. The van der Waals surface area contributed by atoms with Crippen LogP contribution in [-0.2, 0) is 11.2 Å². The van der Waals surface area contributed by atoms with Crippen molar-refractivity contribution in [2.45, 2.75) is 51.7 Å². The normalized spacial score (nSPS) is 20.3. The number of carbonyl (C=O) groups is 1. The fraction of sp³-hybridized carbons (Fsp3) is 0.474. The Bertz CT molecular complexity index is 802. The minimum absolute atomic E-state index is 0.0768. The molecule has 1 aliphatic carbocycles. The van der Waals surface area contributed by atoms with Gasteiger partial charge in [0.25, 0.3) is 0 Å². The Hall–Kier alpha value is -2.54. The predicted octanol–water partition coefficient (Wildman–Crippen LogP) is 1.34. The van der Waals surface area contributed by atoms with Gasteiger partial charge in [0.2, 0.25) is 5.91 Å². The van der Waals surface area contributed by atoms with Gasteiger partial charge in [-0.2, -0.15) is 4.98 Å². The van der Waals surface area contributed by atoms with Crippen LogP contribution in [-0.4, -0.2) is 32.1 Å². The summed E-state index contributed by atoms with van der Waals surface area (Å²) in [4.78, 5) is 34.8. The van der Waals surface area contributed by atoms with E-state index in [1.54, 1.807) is 13.1 Å². The maximum Gasteiger partial charge on any atom is 0.345 e. The number of carbonyl (C=O) groups excluding carboxylic acids is 1. The first kappa shape index (κ1) is 18.3. The van der Waals surface area contributed by atoms with Crippen LogP contribution in [0.5, 0.6) is 0 Å². The number of H-pyrrole nitrogens is 1. The Morgan fingerprint density at radius 1 is 1.38 bits per heavy atom. The summed E-state index contributed by atoms with van der Waals surface area (Å²) in [5.41, 5.74) is 2.75. The number of aromatic nitrogens is 3. The van der Waals surface area contributed by atoms with E-state index in [0.29, 0.717) is 31.4 Å².